The number of ether oxygens (including phenoxy) is 2. The quantitative estimate of drug-likeness (QED) is 0.686. The van der Waals surface area contributed by atoms with Gasteiger partial charge in [0.2, 0.25) is 17.6 Å². The minimum absolute atomic E-state index is 0.132. The summed E-state index contributed by atoms with van der Waals surface area (Å²) in [7, 11) is 2.07. The zero-order chi connectivity index (χ0) is 19.9. The molecule has 0 atom stereocenters. The summed E-state index contributed by atoms with van der Waals surface area (Å²) < 4.78 is 16.6. The topological polar surface area (TPSA) is 80.9 Å². The van der Waals surface area contributed by atoms with E-state index in [0.717, 1.165) is 31.7 Å². The predicted octanol–water partition coefficient (Wildman–Crippen LogP) is 2.24. The Bertz CT molecular complexity index is 784. The number of aryl methyl sites for hydroxylation is 1. The highest BCUT2D eigenvalue weighted by Crippen LogP contribution is 2.32. The molecule has 8 nitrogen and oxygen atoms in total. The van der Waals surface area contributed by atoms with Gasteiger partial charge in [-0.05, 0) is 39.1 Å². The summed E-state index contributed by atoms with van der Waals surface area (Å²) in [6.45, 7) is 8.33. The number of nitrogens with zero attached hydrogens (tertiary/aromatic N) is 4. The number of likely N-dealkylation sites (N-methyl/N-ethyl adjacent to an activating group) is 1. The molecule has 0 spiro atoms. The molecule has 1 aliphatic heterocycles. The minimum atomic E-state index is 0.132. The third kappa shape index (κ3) is 5.01. The van der Waals surface area contributed by atoms with Gasteiger partial charge in [-0.3, -0.25) is 4.79 Å². The van der Waals surface area contributed by atoms with Crippen LogP contribution >= 0.6 is 0 Å². The van der Waals surface area contributed by atoms with Crippen molar-refractivity contribution >= 4 is 5.91 Å². The molecule has 3 rings (SSSR count). The number of piperazine rings is 1. The zero-order valence-electron chi connectivity index (χ0n) is 16.8. The summed E-state index contributed by atoms with van der Waals surface area (Å²) in [6.07, 6.45) is 0.812. The number of carbonyl (C=O) groups excluding carboxylic acids is 1. The van der Waals surface area contributed by atoms with Gasteiger partial charge in [0, 0.05) is 44.6 Å². The Kier molecular flexibility index (Phi) is 6.86. The van der Waals surface area contributed by atoms with E-state index in [1.54, 1.807) is 0 Å². The Morgan fingerprint density at radius 1 is 1.11 bits per heavy atom. The van der Waals surface area contributed by atoms with Gasteiger partial charge in [-0.1, -0.05) is 5.16 Å². The standard InChI is InChI=1S/C20H28N4O4/c1-4-26-16-7-6-15(14-17(16)27-5-2)20-21-18(28-22-20)8-9-19(25)24-12-10-23(3)11-13-24/h6-7,14H,4-5,8-13H2,1-3H3. The first-order chi connectivity index (χ1) is 13.6. The molecule has 0 aliphatic carbocycles. The van der Waals surface area contributed by atoms with Gasteiger partial charge in [-0.25, -0.2) is 0 Å². The number of amides is 1. The second-order valence-corrected chi connectivity index (χ2v) is 6.72. The highest BCUT2D eigenvalue weighted by Gasteiger charge is 2.20. The Labute approximate surface area is 165 Å². The van der Waals surface area contributed by atoms with Crippen molar-refractivity contribution in [1.82, 2.24) is 19.9 Å². The fourth-order valence-corrected chi connectivity index (χ4v) is 3.09. The lowest BCUT2D eigenvalue weighted by Crippen LogP contribution is -2.47. The molecule has 0 saturated carbocycles. The van der Waals surface area contributed by atoms with E-state index in [0.29, 0.717) is 49.3 Å². The van der Waals surface area contributed by atoms with E-state index in [4.69, 9.17) is 14.0 Å². The molecule has 1 aromatic carbocycles. The molecule has 2 aromatic rings. The summed E-state index contributed by atoms with van der Waals surface area (Å²) >= 11 is 0. The molecule has 1 aromatic heterocycles. The van der Waals surface area contributed by atoms with Crippen LogP contribution < -0.4 is 9.47 Å². The Morgan fingerprint density at radius 2 is 1.82 bits per heavy atom. The monoisotopic (exact) mass is 388 g/mol. The molecule has 1 fully saturated rings. The highest BCUT2D eigenvalue weighted by molar-refractivity contribution is 5.76. The zero-order valence-corrected chi connectivity index (χ0v) is 16.8. The van der Waals surface area contributed by atoms with Gasteiger partial charge in [-0.15, -0.1) is 0 Å². The van der Waals surface area contributed by atoms with E-state index in [1.807, 2.05) is 36.9 Å². The molecule has 2 heterocycles. The molecular weight excluding hydrogens is 360 g/mol. The third-order valence-electron chi connectivity index (χ3n) is 4.68. The molecule has 0 N–H and O–H groups in total. The lowest BCUT2D eigenvalue weighted by molar-refractivity contribution is -0.132. The lowest BCUT2D eigenvalue weighted by Gasteiger charge is -2.32. The fourth-order valence-electron chi connectivity index (χ4n) is 3.09. The van der Waals surface area contributed by atoms with Gasteiger partial charge < -0.3 is 23.8 Å². The number of hydrogen-bond donors (Lipinski definition) is 0. The van der Waals surface area contributed by atoms with Gasteiger partial charge in [0.05, 0.1) is 13.2 Å². The fraction of sp³-hybridized carbons (Fsp3) is 0.550. The summed E-state index contributed by atoms with van der Waals surface area (Å²) in [5, 5.41) is 4.05. The van der Waals surface area contributed by atoms with Gasteiger partial charge in [0.25, 0.3) is 0 Å². The third-order valence-corrected chi connectivity index (χ3v) is 4.68. The van der Waals surface area contributed by atoms with Crippen molar-refractivity contribution in [3.8, 4) is 22.9 Å². The molecule has 28 heavy (non-hydrogen) atoms. The Hall–Kier alpha value is -2.61. The van der Waals surface area contributed by atoms with Crippen LogP contribution in [0.25, 0.3) is 11.4 Å². The number of benzene rings is 1. The summed E-state index contributed by atoms with van der Waals surface area (Å²) in [5.41, 5.74) is 0.785. The molecular formula is C20H28N4O4. The van der Waals surface area contributed by atoms with Crippen molar-refractivity contribution in [3.05, 3.63) is 24.1 Å². The first-order valence-corrected chi connectivity index (χ1v) is 9.79. The van der Waals surface area contributed by atoms with Crippen molar-refractivity contribution < 1.29 is 18.8 Å². The van der Waals surface area contributed by atoms with Crippen LogP contribution in [0.1, 0.15) is 26.2 Å². The number of aromatic nitrogens is 2. The van der Waals surface area contributed by atoms with E-state index in [2.05, 4.69) is 22.1 Å². The molecule has 8 heteroatoms. The van der Waals surface area contributed by atoms with Crippen LogP contribution in [0.3, 0.4) is 0 Å². The maximum atomic E-state index is 12.4. The molecule has 1 amide bonds. The number of rotatable bonds is 8. The van der Waals surface area contributed by atoms with Crippen LogP contribution in [0.5, 0.6) is 11.5 Å². The first-order valence-electron chi connectivity index (χ1n) is 9.79. The van der Waals surface area contributed by atoms with Crippen molar-refractivity contribution in [2.24, 2.45) is 0 Å². The molecule has 1 aliphatic rings. The Morgan fingerprint density at radius 3 is 2.54 bits per heavy atom. The molecule has 0 bridgehead atoms. The van der Waals surface area contributed by atoms with Crippen LogP contribution in [0.15, 0.2) is 22.7 Å². The normalized spacial score (nSPS) is 14.9. The second kappa shape index (κ2) is 9.54. The molecule has 0 unspecified atom stereocenters. The average molecular weight is 388 g/mol. The predicted molar refractivity (Wildman–Crippen MR) is 104 cm³/mol. The molecule has 1 saturated heterocycles. The Balaban J connectivity index is 1.62. The van der Waals surface area contributed by atoms with Crippen molar-refractivity contribution in [1.29, 1.82) is 0 Å². The summed E-state index contributed by atoms with van der Waals surface area (Å²) in [4.78, 5) is 20.9. The van der Waals surface area contributed by atoms with Crippen LogP contribution in [-0.2, 0) is 11.2 Å². The van der Waals surface area contributed by atoms with E-state index in [9.17, 15) is 4.79 Å². The van der Waals surface area contributed by atoms with E-state index in [1.165, 1.54) is 0 Å². The van der Waals surface area contributed by atoms with Crippen LogP contribution in [0.2, 0.25) is 0 Å². The van der Waals surface area contributed by atoms with Gasteiger partial charge >= 0.3 is 0 Å². The van der Waals surface area contributed by atoms with Gasteiger partial charge in [0.1, 0.15) is 0 Å². The van der Waals surface area contributed by atoms with Crippen LogP contribution in [-0.4, -0.2) is 72.3 Å². The number of carbonyl (C=O) groups is 1. The average Bonchev–Trinajstić information content (AvgIpc) is 3.17. The van der Waals surface area contributed by atoms with E-state index >= 15 is 0 Å². The summed E-state index contributed by atoms with van der Waals surface area (Å²) in [6, 6.07) is 5.56. The van der Waals surface area contributed by atoms with Crippen LogP contribution in [0, 0.1) is 0 Å². The lowest BCUT2D eigenvalue weighted by atomic mass is 10.2. The smallest absolute Gasteiger partial charge is 0.227 e. The van der Waals surface area contributed by atoms with Crippen molar-refractivity contribution in [2.45, 2.75) is 26.7 Å². The van der Waals surface area contributed by atoms with Crippen LogP contribution in [0.4, 0.5) is 0 Å². The SMILES string of the molecule is CCOc1ccc(-c2noc(CCC(=O)N3CCN(C)CC3)n2)cc1OCC. The summed E-state index contributed by atoms with van der Waals surface area (Å²) in [5.74, 6) is 2.41. The maximum absolute atomic E-state index is 12.4. The van der Waals surface area contributed by atoms with E-state index in [-0.39, 0.29) is 5.91 Å². The number of hydrogen-bond acceptors (Lipinski definition) is 7. The second-order valence-electron chi connectivity index (χ2n) is 6.72. The maximum Gasteiger partial charge on any atom is 0.227 e. The first kappa shape index (κ1) is 20.1. The minimum Gasteiger partial charge on any atom is -0.490 e. The highest BCUT2D eigenvalue weighted by atomic mass is 16.5. The van der Waals surface area contributed by atoms with Gasteiger partial charge in [0.15, 0.2) is 11.5 Å². The molecule has 0 radical (unpaired) electrons. The largest absolute Gasteiger partial charge is 0.490 e. The van der Waals surface area contributed by atoms with Crippen molar-refractivity contribution in [3.63, 3.8) is 0 Å². The van der Waals surface area contributed by atoms with Gasteiger partial charge in [-0.2, -0.15) is 4.98 Å². The molecule has 152 valence electrons. The van der Waals surface area contributed by atoms with E-state index < -0.39 is 0 Å². The van der Waals surface area contributed by atoms with Crippen molar-refractivity contribution in [2.75, 3.05) is 46.4 Å².